The van der Waals surface area contributed by atoms with Crippen molar-refractivity contribution in [1.82, 2.24) is 10.2 Å². The second-order valence-corrected chi connectivity index (χ2v) is 9.07. The molecule has 0 saturated carbocycles. The van der Waals surface area contributed by atoms with E-state index in [1.54, 1.807) is 22.2 Å². The maximum atomic E-state index is 12.5. The zero-order valence-corrected chi connectivity index (χ0v) is 16.3. The summed E-state index contributed by atoms with van der Waals surface area (Å²) in [6, 6.07) is 0. The maximum Gasteiger partial charge on any atom is 0.257 e. The van der Waals surface area contributed by atoms with Gasteiger partial charge < -0.3 is 10.1 Å². The van der Waals surface area contributed by atoms with Crippen molar-refractivity contribution in [2.75, 3.05) is 39.4 Å². The Balaban J connectivity index is 1.29. The van der Waals surface area contributed by atoms with Gasteiger partial charge in [0.25, 0.3) is 5.91 Å². The molecule has 0 aromatic carbocycles. The molecule has 25 heavy (non-hydrogen) atoms. The third-order valence-electron chi connectivity index (χ3n) is 5.21. The van der Waals surface area contributed by atoms with Gasteiger partial charge in [-0.05, 0) is 55.9 Å². The number of nitrogens with one attached hydrogen (secondary N) is 1. The zero-order valence-electron chi connectivity index (χ0n) is 14.6. The molecule has 0 radical (unpaired) electrons. The normalized spacial score (nSPS) is 20.6. The molecule has 0 unspecified atom stereocenters. The first kappa shape index (κ1) is 17.6. The summed E-state index contributed by atoms with van der Waals surface area (Å²) in [6.45, 7) is 5.49. The fraction of sp³-hybridized carbons (Fsp3) is 0.632. The summed E-state index contributed by atoms with van der Waals surface area (Å²) in [6.07, 6.45) is 8.24. The monoisotopic (exact) mass is 378 g/mol. The second kappa shape index (κ2) is 8.25. The van der Waals surface area contributed by atoms with Gasteiger partial charge in [0, 0.05) is 35.1 Å². The number of hydrogen-bond donors (Lipinski definition) is 1. The maximum absolute atomic E-state index is 12.5. The van der Waals surface area contributed by atoms with Crippen molar-refractivity contribution < 1.29 is 9.53 Å². The molecule has 1 aromatic rings. The van der Waals surface area contributed by atoms with E-state index in [4.69, 9.17) is 4.74 Å². The number of carbonyl (C=O) groups is 1. The Morgan fingerprint density at radius 1 is 1.20 bits per heavy atom. The number of thioether (sulfide) groups is 1. The SMILES string of the molecule is O=C(NCCCN1CCOCC1)C1=Cc2sc3c(c2CS1)CCCC3. The highest BCUT2D eigenvalue weighted by atomic mass is 32.2. The summed E-state index contributed by atoms with van der Waals surface area (Å²) in [5, 5.41) is 3.10. The third-order valence-corrected chi connectivity index (χ3v) is 7.54. The van der Waals surface area contributed by atoms with Gasteiger partial charge in [-0.1, -0.05) is 0 Å². The van der Waals surface area contributed by atoms with Crippen molar-refractivity contribution in [3.63, 3.8) is 0 Å². The number of amides is 1. The molecule has 4 rings (SSSR count). The van der Waals surface area contributed by atoms with Gasteiger partial charge in [0.1, 0.15) is 0 Å². The van der Waals surface area contributed by atoms with E-state index in [0.717, 1.165) is 56.5 Å². The number of hydrogen-bond acceptors (Lipinski definition) is 5. The lowest BCUT2D eigenvalue weighted by molar-refractivity contribution is -0.116. The lowest BCUT2D eigenvalue weighted by Gasteiger charge is -2.26. The summed E-state index contributed by atoms with van der Waals surface area (Å²) in [7, 11) is 0. The number of aryl methyl sites for hydroxylation is 1. The fourth-order valence-corrected chi connectivity index (χ4v) is 6.34. The first-order valence-corrected chi connectivity index (χ1v) is 11.2. The Morgan fingerprint density at radius 2 is 2.04 bits per heavy atom. The van der Waals surface area contributed by atoms with Gasteiger partial charge in [0.05, 0.1) is 18.1 Å². The minimum atomic E-state index is 0.101. The number of fused-ring (bicyclic) bond motifs is 3. The van der Waals surface area contributed by atoms with Crippen LogP contribution in [0.4, 0.5) is 0 Å². The van der Waals surface area contributed by atoms with E-state index in [1.807, 2.05) is 11.3 Å². The van der Waals surface area contributed by atoms with Crippen LogP contribution in [0.2, 0.25) is 0 Å². The van der Waals surface area contributed by atoms with E-state index in [9.17, 15) is 4.79 Å². The van der Waals surface area contributed by atoms with Gasteiger partial charge in [-0.15, -0.1) is 23.1 Å². The lowest BCUT2D eigenvalue weighted by atomic mass is 9.95. The van der Waals surface area contributed by atoms with Crippen molar-refractivity contribution in [3.05, 3.63) is 25.8 Å². The molecular weight excluding hydrogens is 352 g/mol. The number of ether oxygens (including phenoxy) is 1. The molecule has 0 atom stereocenters. The van der Waals surface area contributed by atoms with E-state index in [1.165, 1.54) is 36.1 Å². The topological polar surface area (TPSA) is 41.6 Å². The number of carbonyl (C=O) groups excluding carboxylic acids is 1. The van der Waals surface area contributed by atoms with Crippen LogP contribution in [0.5, 0.6) is 0 Å². The Labute approximate surface area is 158 Å². The summed E-state index contributed by atoms with van der Waals surface area (Å²) in [4.78, 5) is 18.7. The highest BCUT2D eigenvalue weighted by Gasteiger charge is 2.24. The molecule has 136 valence electrons. The van der Waals surface area contributed by atoms with E-state index in [-0.39, 0.29) is 5.91 Å². The largest absolute Gasteiger partial charge is 0.379 e. The lowest BCUT2D eigenvalue weighted by Crippen LogP contribution is -2.38. The number of nitrogens with zero attached hydrogens (tertiary/aromatic N) is 1. The van der Waals surface area contributed by atoms with E-state index in [2.05, 4.69) is 16.3 Å². The van der Waals surface area contributed by atoms with E-state index >= 15 is 0 Å². The van der Waals surface area contributed by atoms with Crippen LogP contribution in [0, 0.1) is 0 Å². The van der Waals surface area contributed by atoms with Crippen LogP contribution >= 0.6 is 23.1 Å². The third kappa shape index (κ3) is 4.13. The fourth-order valence-electron chi connectivity index (χ4n) is 3.79. The van der Waals surface area contributed by atoms with Gasteiger partial charge in [0.15, 0.2) is 0 Å². The Kier molecular flexibility index (Phi) is 5.80. The molecule has 0 spiro atoms. The van der Waals surface area contributed by atoms with Crippen LogP contribution in [0.15, 0.2) is 4.91 Å². The molecular formula is C19H26N2O2S2. The Bertz CT molecular complexity index is 663. The highest BCUT2D eigenvalue weighted by molar-refractivity contribution is 8.03. The predicted octanol–water partition coefficient (Wildman–Crippen LogP) is 3.05. The summed E-state index contributed by atoms with van der Waals surface area (Å²) in [5.41, 5.74) is 3.11. The molecule has 6 heteroatoms. The van der Waals surface area contributed by atoms with Crippen molar-refractivity contribution >= 4 is 35.1 Å². The molecule has 1 aliphatic carbocycles. The van der Waals surface area contributed by atoms with Gasteiger partial charge in [-0.2, -0.15) is 0 Å². The van der Waals surface area contributed by atoms with Crippen LogP contribution in [-0.4, -0.2) is 50.2 Å². The van der Waals surface area contributed by atoms with Gasteiger partial charge in [-0.3, -0.25) is 9.69 Å². The number of thiophene rings is 1. The molecule has 3 aliphatic rings. The molecule has 1 amide bonds. The Hall–Kier alpha value is -0.820. The van der Waals surface area contributed by atoms with Crippen LogP contribution in [-0.2, 0) is 28.1 Å². The first-order valence-electron chi connectivity index (χ1n) is 9.37. The van der Waals surface area contributed by atoms with E-state index < -0.39 is 0 Å². The average molecular weight is 379 g/mol. The van der Waals surface area contributed by atoms with Gasteiger partial charge in [-0.25, -0.2) is 0 Å². The molecule has 3 heterocycles. The molecule has 2 aliphatic heterocycles. The van der Waals surface area contributed by atoms with Crippen molar-refractivity contribution in [2.45, 2.75) is 37.9 Å². The molecule has 0 bridgehead atoms. The van der Waals surface area contributed by atoms with Crippen LogP contribution in [0.25, 0.3) is 6.08 Å². The first-order chi connectivity index (χ1) is 12.3. The average Bonchev–Trinajstić information content (AvgIpc) is 3.03. The standard InChI is InChI=1S/C19H26N2O2S2/c22-19(20-6-3-7-21-8-10-23-11-9-21)18-12-17-15(13-24-18)14-4-1-2-5-16(14)25-17/h12H,1-11,13H2,(H,20,22). The molecule has 4 nitrogen and oxygen atoms in total. The molecule has 1 saturated heterocycles. The molecule has 1 fully saturated rings. The summed E-state index contributed by atoms with van der Waals surface area (Å²) < 4.78 is 5.36. The van der Waals surface area contributed by atoms with E-state index in [0.29, 0.717) is 0 Å². The predicted molar refractivity (Wildman–Crippen MR) is 105 cm³/mol. The number of rotatable bonds is 5. The molecule has 1 N–H and O–H groups in total. The van der Waals surface area contributed by atoms with Gasteiger partial charge >= 0.3 is 0 Å². The summed E-state index contributed by atoms with van der Waals surface area (Å²) in [5.74, 6) is 1.07. The van der Waals surface area contributed by atoms with Gasteiger partial charge in [0.2, 0.25) is 0 Å². The smallest absolute Gasteiger partial charge is 0.257 e. The zero-order chi connectivity index (χ0) is 17.1. The minimum Gasteiger partial charge on any atom is -0.379 e. The minimum absolute atomic E-state index is 0.101. The molecule has 1 aromatic heterocycles. The quantitative estimate of drug-likeness (QED) is 0.800. The second-order valence-electron chi connectivity index (χ2n) is 6.91. The highest BCUT2D eigenvalue weighted by Crippen LogP contribution is 2.42. The summed E-state index contributed by atoms with van der Waals surface area (Å²) >= 11 is 3.62. The van der Waals surface area contributed by atoms with Crippen LogP contribution in [0.1, 0.15) is 40.1 Å². The van der Waals surface area contributed by atoms with Crippen molar-refractivity contribution in [1.29, 1.82) is 0 Å². The number of morpholine rings is 1. The van der Waals surface area contributed by atoms with Crippen molar-refractivity contribution in [2.24, 2.45) is 0 Å². The van der Waals surface area contributed by atoms with Crippen molar-refractivity contribution in [3.8, 4) is 0 Å². The van der Waals surface area contributed by atoms with Crippen LogP contribution < -0.4 is 5.32 Å². The van der Waals surface area contributed by atoms with Crippen LogP contribution in [0.3, 0.4) is 0 Å². The Morgan fingerprint density at radius 3 is 2.92 bits per heavy atom.